The van der Waals surface area contributed by atoms with Crippen LogP contribution in [-0.2, 0) is 11.3 Å². The standard InChI is InChI=1S/C13H15F4N3O2/c14-9-4-10(19-6-9)11(21)20-5-8-2-1-3-18-12(8)22-7-13(15,16)17/h1-3,9-10,19H,4-7H2,(H,20,21)/t9-,10+/m0/s1. The summed E-state index contributed by atoms with van der Waals surface area (Å²) < 4.78 is 54.1. The highest BCUT2D eigenvalue weighted by Crippen LogP contribution is 2.20. The molecular weight excluding hydrogens is 306 g/mol. The Labute approximate surface area is 124 Å². The number of halogens is 4. The first kappa shape index (κ1) is 16.5. The van der Waals surface area contributed by atoms with Gasteiger partial charge in [0.2, 0.25) is 11.8 Å². The number of rotatable bonds is 5. The molecule has 1 aromatic rings. The largest absolute Gasteiger partial charge is 0.468 e. The van der Waals surface area contributed by atoms with Gasteiger partial charge in [0.15, 0.2) is 6.61 Å². The fourth-order valence-electron chi connectivity index (χ4n) is 2.04. The normalized spacial score (nSPS) is 21.6. The third-order valence-electron chi connectivity index (χ3n) is 3.07. The maximum absolute atomic E-state index is 13.0. The minimum atomic E-state index is -4.47. The zero-order valence-electron chi connectivity index (χ0n) is 11.5. The van der Waals surface area contributed by atoms with E-state index in [9.17, 15) is 22.4 Å². The highest BCUT2D eigenvalue weighted by atomic mass is 19.4. The van der Waals surface area contributed by atoms with Crippen molar-refractivity contribution in [2.75, 3.05) is 13.2 Å². The molecule has 0 aliphatic carbocycles. The van der Waals surface area contributed by atoms with Crippen molar-refractivity contribution in [2.45, 2.75) is 31.4 Å². The fourth-order valence-corrected chi connectivity index (χ4v) is 2.04. The molecule has 122 valence electrons. The summed E-state index contributed by atoms with van der Waals surface area (Å²) in [5.74, 6) is -0.603. The number of aromatic nitrogens is 1. The third-order valence-corrected chi connectivity index (χ3v) is 3.07. The van der Waals surface area contributed by atoms with E-state index in [1.165, 1.54) is 18.3 Å². The smallest absolute Gasteiger partial charge is 0.422 e. The molecule has 22 heavy (non-hydrogen) atoms. The first-order valence-electron chi connectivity index (χ1n) is 6.64. The van der Waals surface area contributed by atoms with Gasteiger partial charge in [0.05, 0.1) is 6.04 Å². The molecule has 1 aromatic heterocycles. The quantitative estimate of drug-likeness (QED) is 0.804. The van der Waals surface area contributed by atoms with Gasteiger partial charge in [-0.05, 0) is 6.07 Å². The molecule has 1 saturated heterocycles. The van der Waals surface area contributed by atoms with E-state index in [2.05, 4.69) is 20.4 Å². The Morgan fingerprint density at radius 2 is 2.27 bits per heavy atom. The molecule has 2 rings (SSSR count). The summed E-state index contributed by atoms with van der Waals surface area (Å²) in [7, 11) is 0. The van der Waals surface area contributed by atoms with Crippen LogP contribution < -0.4 is 15.4 Å². The Kier molecular flexibility index (Phi) is 5.17. The minimum Gasteiger partial charge on any atom is -0.468 e. The van der Waals surface area contributed by atoms with Crippen LogP contribution >= 0.6 is 0 Å². The van der Waals surface area contributed by atoms with E-state index in [4.69, 9.17) is 0 Å². The molecule has 0 bridgehead atoms. The van der Waals surface area contributed by atoms with Gasteiger partial charge in [0.1, 0.15) is 6.17 Å². The maximum Gasteiger partial charge on any atom is 0.422 e. The molecule has 2 atom stereocenters. The predicted molar refractivity (Wildman–Crippen MR) is 68.9 cm³/mol. The molecule has 0 unspecified atom stereocenters. The van der Waals surface area contributed by atoms with Crippen molar-refractivity contribution >= 4 is 5.91 Å². The number of ether oxygens (including phenoxy) is 1. The second kappa shape index (κ2) is 6.91. The number of pyridine rings is 1. The number of hydrogen-bond acceptors (Lipinski definition) is 4. The number of hydrogen-bond donors (Lipinski definition) is 2. The van der Waals surface area contributed by atoms with E-state index >= 15 is 0 Å². The SMILES string of the molecule is O=C(NCc1cccnc1OCC(F)(F)F)[C@H]1C[C@H](F)CN1. The molecule has 5 nitrogen and oxygen atoms in total. The van der Waals surface area contributed by atoms with Gasteiger partial charge < -0.3 is 15.4 Å². The number of carbonyl (C=O) groups excluding carboxylic acids is 1. The molecule has 1 amide bonds. The van der Waals surface area contributed by atoms with E-state index in [1.54, 1.807) is 0 Å². The molecular formula is C13H15F4N3O2. The monoisotopic (exact) mass is 321 g/mol. The summed E-state index contributed by atoms with van der Waals surface area (Å²) in [5.41, 5.74) is 0.315. The Hall–Kier alpha value is -1.90. The second-order valence-corrected chi connectivity index (χ2v) is 4.88. The van der Waals surface area contributed by atoms with Crippen LogP contribution in [0, 0.1) is 0 Å². The molecule has 0 saturated carbocycles. The lowest BCUT2D eigenvalue weighted by molar-refractivity contribution is -0.154. The van der Waals surface area contributed by atoms with Gasteiger partial charge in [-0.3, -0.25) is 4.79 Å². The molecule has 0 aromatic carbocycles. The van der Waals surface area contributed by atoms with Crippen LogP contribution in [0.5, 0.6) is 5.88 Å². The van der Waals surface area contributed by atoms with Gasteiger partial charge in [0, 0.05) is 31.3 Å². The zero-order valence-corrected chi connectivity index (χ0v) is 11.5. The summed E-state index contributed by atoms with van der Waals surface area (Å²) in [6.07, 6.45) is -4.17. The summed E-state index contributed by atoms with van der Waals surface area (Å²) in [4.78, 5) is 15.5. The van der Waals surface area contributed by atoms with E-state index in [0.717, 1.165) is 0 Å². The number of nitrogens with one attached hydrogen (secondary N) is 2. The maximum atomic E-state index is 13.0. The van der Waals surface area contributed by atoms with Crippen LogP contribution in [0.3, 0.4) is 0 Å². The third kappa shape index (κ3) is 4.83. The van der Waals surface area contributed by atoms with Crippen LogP contribution in [0.4, 0.5) is 17.6 Å². The van der Waals surface area contributed by atoms with Crippen molar-refractivity contribution in [3.63, 3.8) is 0 Å². The average Bonchev–Trinajstić information content (AvgIpc) is 2.89. The van der Waals surface area contributed by atoms with Crippen molar-refractivity contribution in [3.8, 4) is 5.88 Å². The van der Waals surface area contributed by atoms with Crippen LogP contribution in [0.25, 0.3) is 0 Å². The van der Waals surface area contributed by atoms with E-state index < -0.39 is 30.9 Å². The van der Waals surface area contributed by atoms with Crippen molar-refractivity contribution in [1.82, 2.24) is 15.6 Å². The lowest BCUT2D eigenvalue weighted by atomic mass is 10.2. The first-order chi connectivity index (χ1) is 10.3. The zero-order chi connectivity index (χ0) is 16.2. The number of nitrogens with zero attached hydrogens (tertiary/aromatic N) is 1. The minimum absolute atomic E-state index is 0.0466. The summed E-state index contributed by atoms with van der Waals surface area (Å²) in [6.45, 7) is -1.39. The molecule has 0 radical (unpaired) electrons. The summed E-state index contributed by atoms with van der Waals surface area (Å²) in [6, 6.07) is 2.39. The fraction of sp³-hybridized carbons (Fsp3) is 0.538. The van der Waals surface area contributed by atoms with Crippen molar-refractivity contribution in [1.29, 1.82) is 0 Å². The van der Waals surface area contributed by atoms with Crippen molar-refractivity contribution in [2.24, 2.45) is 0 Å². The number of alkyl halides is 4. The molecule has 1 aliphatic heterocycles. The van der Waals surface area contributed by atoms with Gasteiger partial charge in [0.25, 0.3) is 0 Å². The Morgan fingerprint density at radius 1 is 1.50 bits per heavy atom. The average molecular weight is 321 g/mol. The summed E-state index contributed by atoms with van der Waals surface area (Å²) in [5, 5.41) is 5.25. The predicted octanol–water partition coefficient (Wildman–Crippen LogP) is 1.34. The topological polar surface area (TPSA) is 63.2 Å². The Morgan fingerprint density at radius 3 is 2.91 bits per heavy atom. The number of amides is 1. The summed E-state index contributed by atoms with van der Waals surface area (Å²) >= 11 is 0. The lowest BCUT2D eigenvalue weighted by Crippen LogP contribution is -2.40. The van der Waals surface area contributed by atoms with Gasteiger partial charge >= 0.3 is 6.18 Å². The van der Waals surface area contributed by atoms with Crippen LogP contribution in [0.15, 0.2) is 18.3 Å². The van der Waals surface area contributed by atoms with E-state index in [-0.39, 0.29) is 25.4 Å². The van der Waals surface area contributed by atoms with Crippen molar-refractivity contribution < 1.29 is 27.1 Å². The van der Waals surface area contributed by atoms with E-state index in [1.807, 2.05) is 0 Å². The second-order valence-electron chi connectivity index (χ2n) is 4.88. The van der Waals surface area contributed by atoms with Crippen LogP contribution in [0.2, 0.25) is 0 Å². The van der Waals surface area contributed by atoms with Gasteiger partial charge in [-0.1, -0.05) is 6.07 Å². The van der Waals surface area contributed by atoms with Crippen LogP contribution in [0.1, 0.15) is 12.0 Å². The van der Waals surface area contributed by atoms with Crippen LogP contribution in [-0.4, -0.2) is 42.4 Å². The molecule has 1 aliphatic rings. The lowest BCUT2D eigenvalue weighted by Gasteiger charge is -2.14. The Balaban J connectivity index is 1.91. The van der Waals surface area contributed by atoms with Gasteiger partial charge in [-0.15, -0.1) is 0 Å². The first-order valence-corrected chi connectivity index (χ1v) is 6.64. The molecule has 9 heteroatoms. The van der Waals surface area contributed by atoms with Crippen molar-refractivity contribution in [3.05, 3.63) is 23.9 Å². The highest BCUT2D eigenvalue weighted by molar-refractivity contribution is 5.82. The molecule has 2 N–H and O–H groups in total. The van der Waals surface area contributed by atoms with Gasteiger partial charge in [-0.25, -0.2) is 9.37 Å². The molecule has 2 heterocycles. The number of carbonyl (C=O) groups is 1. The van der Waals surface area contributed by atoms with Gasteiger partial charge in [-0.2, -0.15) is 13.2 Å². The van der Waals surface area contributed by atoms with E-state index in [0.29, 0.717) is 5.56 Å². The Bertz CT molecular complexity index is 524. The molecule has 1 fully saturated rings. The molecule has 0 spiro atoms. The highest BCUT2D eigenvalue weighted by Gasteiger charge is 2.30.